The number of rotatable bonds is 8. The molecular weight excluding hydrogens is 388 g/mol. The minimum absolute atomic E-state index is 0.295. The monoisotopic (exact) mass is 408 g/mol. The Labute approximate surface area is 174 Å². The number of benzene rings is 3. The zero-order chi connectivity index (χ0) is 20.5. The number of halogens is 1. The van der Waals surface area contributed by atoms with Gasteiger partial charge >= 0.3 is 0 Å². The fourth-order valence-electron chi connectivity index (χ4n) is 2.50. The van der Waals surface area contributed by atoms with Crippen LogP contribution in [0.15, 0.2) is 77.9 Å². The summed E-state index contributed by atoms with van der Waals surface area (Å²) in [5, 5.41) is 4.68. The molecule has 0 unspecified atom stereocenters. The molecule has 148 valence electrons. The largest absolute Gasteiger partial charge is 0.494 e. The summed E-state index contributed by atoms with van der Waals surface area (Å²) in [6, 6.07) is 21.8. The third-order valence-electron chi connectivity index (χ3n) is 4.01. The molecule has 29 heavy (non-hydrogen) atoms. The second kappa shape index (κ2) is 10.3. The Hall–Kier alpha value is -3.31. The van der Waals surface area contributed by atoms with Crippen LogP contribution in [-0.4, -0.2) is 18.7 Å². The van der Waals surface area contributed by atoms with Gasteiger partial charge in [0.05, 0.1) is 12.8 Å². The number of hydrogen-bond donors (Lipinski definition) is 1. The highest BCUT2D eigenvalue weighted by molar-refractivity contribution is 6.30. The number of hydrogen-bond acceptors (Lipinski definition) is 4. The average molecular weight is 409 g/mol. The summed E-state index contributed by atoms with van der Waals surface area (Å²) in [7, 11) is 0. The van der Waals surface area contributed by atoms with Crippen molar-refractivity contribution in [2.75, 3.05) is 6.61 Å². The van der Waals surface area contributed by atoms with Crippen LogP contribution in [0.25, 0.3) is 0 Å². The number of nitrogens with one attached hydrogen (secondary N) is 1. The predicted molar refractivity (Wildman–Crippen MR) is 115 cm³/mol. The van der Waals surface area contributed by atoms with Crippen molar-refractivity contribution in [3.05, 3.63) is 94.5 Å². The Bertz CT molecular complexity index is 953. The van der Waals surface area contributed by atoms with E-state index in [1.807, 2.05) is 55.5 Å². The Morgan fingerprint density at radius 1 is 0.931 bits per heavy atom. The summed E-state index contributed by atoms with van der Waals surface area (Å²) < 4.78 is 11.1. The second-order valence-electron chi connectivity index (χ2n) is 6.14. The fourth-order valence-corrected chi connectivity index (χ4v) is 2.62. The lowest BCUT2D eigenvalue weighted by atomic mass is 10.2. The first kappa shape index (κ1) is 20.4. The molecule has 0 bridgehead atoms. The van der Waals surface area contributed by atoms with Crippen molar-refractivity contribution in [1.29, 1.82) is 0 Å². The number of carbonyl (C=O) groups is 1. The van der Waals surface area contributed by atoms with Gasteiger partial charge in [-0.1, -0.05) is 23.7 Å². The molecular formula is C23H21ClN2O3. The normalized spacial score (nSPS) is 10.7. The van der Waals surface area contributed by atoms with Crippen LogP contribution in [0.5, 0.6) is 11.5 Å². The first-order valence-corrected chi connectivity index (χ1v) is 9.55. The van der Waals surface area contributed by atoms with Crippen LogP contribution >= 0.6 is 11.6 Å². The van der Waals surface area contributed by atoms with E-state index in [-0.39, 0.29) is 5.91 Å². The standard InChI is InChI=1S/C23H21ClN2O3/c1-2-28-21-11-5-17(6-12-21)15-25-26-23(27)19-7-13-22(14-8-19)29-16-18-3-9-20(24)10-4-18/h3-15H,2,16H2,1H3,(H,26,27). The van der Waals surface area contributed by atoms with Crippen molar-refractivity contribution >= 4 is 23.7 Å². The van der Waals surface area contributed by atoms with Crippen molar-refractivity contribution < 1.29 is 14.3 Å². The van der Waals surface area contributed by atoms with E-state index in [0.29, 0.717) is 29.5 Å². The van der Waals surface area contributed by atoms with Crippen molar-refractivity contribution in [3.63, 3.8) is 0 Å². The van der Waals surface area contributed by atoms with Crippen molar-refractivity contribution in [3.8, 4) is 11.5 Å². The van der Waals surface area contributed by atoms with Crippen LogP contribution in [0.1, 0.15) is 28.4 Å². The lowest BCUT2D eigenvalue weighted by molar-refractivity contribution is 0.0955. The lowest BCUT2D eigenvalue weighted by Crippen LogP contribution is -2.17. The predicted octanol–water partition coefficient (Wildman–Crippen LogP) is 5.08. The van der Waals surface area contributed by atoms with Crippen molar-refractivity contribution in [2.45, 2.75) is 13.5 Å². The minimum atomic E-state index is -0.295. The summed E-state index contributed by atoms with van der Waals surface area (Å²) >= 11 is 5.87. The Morgan fingerprint density at radius 3 is 2.21 bits per heavy atom. The first-order chi connectivity index (χ1) is 14.1. The molecule has 0 fully saturated rings. The van der Waals surface area contributed by atoms with Gasteiger partial charge in [-0.2, -0.15) is 5.10 Å². The van der Waals surface area contributed by atoms with Gasteiger partial charge < -0.3 is 9.47 Å². The molecule has 0 aliphatic heterocycles. The fraction of sp³-hybridized carbons (Fsp3) is 0.130. The molecule has 0 saturated carbocycles. The highest BCUT2D eigenvalue weighted by Gasteiger charge is 2.05. The van der Waals surface area contributed by atoms with E-state index in [0.717, 1.165) is 16.9 Å². The van der Waals surface area contributed by atoms with Crippen LogP contribution in [0.3, 0.4) is 0 Å². The van der Waals surface area contributed by atoms with E-state index < -0.39 is 0 Å². The van der Waals surface area contributed by atoms with Crippen LogP contribution in [-0.2, 0) is 6.61 Å². The molecule has 1 amide bonds. The van der Waals surface area contributed by atoms with Gasteiger partial charge in [0.15, 0.2) is 0 Å². The molecule has 0 aromatic heterocycles. The number of carbonyl (C=O) groups excluding carboxylic acids is 1. The molecule has 0 spiro atoms. The molecule has 3 rings (SSSR count). The molecule has 3 aromatic carbocycles. The van der Waals surface area contributed by atoms with Crippen LogP contribution in [0.4, 0.5) is 0 Å². The van der Waals surface area contributed by atoms with Gasteiger partial charge in [0.25, 0.3) is 5.91 Å². The average Bonchev–Trinajstić information content (AvgIpc) is 2.75. The second-order valence-corrected chi connectivity index (χ2v) is 6.58. The molecule has 0 radical (unpaired) electrons. The van der Waals surface area contributed by atoms with Gasteiger partial charge in [0, 0.05) is 10.6 Å². The molecule has 0 saturated heterocycles. The zero-order valence-electron chi connectivity index (χ0n) is 16.0. The Kier molecular flexibility index (Phi) is 7.25. The van der Waals surface area contributed by atoms with E-state index in [2.05, 4.69) is 10.5 Å². The first-order valence-electron chi connectivity index (χ1n) is 9.17. The molecule has 0 aliphatic carbocycles. The number of nitrogens with zero attached hydrogens (tertiary/aromatic N) is 1. The van der Waals surface area contributed by atoms with Crippen molar-refractivity contribution in [2.24, 2.45) is 5.10 Å². The molecule has 3 aromatic rings. The van der Waals surface area contributed by atoms with Gasteiger partial charge in [-0.3, -0.25) is 4.79 Å². The van der Waals surface area contributed by atoms with Gasteiger partial charge in [0.2, 0.25) is 0 Å². The molecule has 5 nitrogen and oxygen atoms in total. The number of ether oxygens (including phenoxy) is 2. The maximum atomic E-state index is 12.2. The van der Waals surface area contributed by atoms with Gasteiger partial charge in [-0.25, -0.2) is 5.43 Å². The third-order valence-corrected chi connectivity index (χ3v) is 4.26. The zero-order valence-corrected chi connectivity index (χ0v) is 16.7. The van der Waals surface area contributed by atoms with Crippen LogP contribution in [0, 0.1) is 0 Å². The maximum absolute atomic E-state index is 12.2. The van der Waals surface area contributed by atoms with Gasteiger partial charge in [-0.05, 0) is 78.7 Å². The topological polar surface area (TPSA) is 59.9 Å². The molecule has 0 heterocycles. The Morgan fingerprint density at radius 2 is 1.55 bits per heavy atom. The minimum Gasteiger partial charge on any atom is -0.494 e. The van der Waals surface area contributed by atoms with Crippen LogP contribution in [0.2, 0.25) is 5.02 Å². The quantitative estimate of drug-likeness (QED) is 0.417. The molecule has 6 heteroatoms. The smallest absolute Gasteiger partial charge is 0.271 e. The molecule has 1 N–H and O–H groups in total. The SMILES string of the molecule is CCOc1ccc(C=NNC(=O)c2ccc(OCc3ccc(Cl)cc3)cc2)cc1. The molecule has 0 aliphatic rings. The van der Waals surface area contributed by atoms with Crippen LogP contribution < -0.4 is 14.9 Å². The van der Waals surface area contributed by atoms with Gasteiger partial charge in [0.1, 0.15) is 18.1 Å². The van der Waals surface area contributed by atoms with Crippen molar-refractivity contribution in [1.82, 2.24) is 5.43 Å². The highest BCUT2D eigenvalue weighted by Crippen LogP contribution is 2.16. The van der Waals surface area contributed by atoms with E-state index >= 15 is 0 Å². The summed E-state index contributed by atoms with van der Waals surface area (Å²) in [5.74, 6) is 1.18. The summed E-state index contributed by atoms with van der Waals surface area (Å²) in [6.07, 6.45) is 1.58. The maximum Gasteiger partial charge on any atom is 0.271 e. The van der Waals surface area contributed by atoms with E-state index in [4.69, 9.17) is 21.1 Å². The summed E-state index contributed by atoms with van der Waals surface area (Å²) in [5.41, 5.74) is 4.88. The van der Waals surface area contributed by atoms with E-state index in [1.165, 1.54) is 0 Å². The summed E-state index contributed by atoms with van der Waals surface area (Å²) in [6.45, 7) is 2.98. The lowest BCUT2D eigenvalue weighted by Gasteiger charge is -2.07. The van der Waals surface area contributed by atoms with E-state index in [9.17, 15) is 4.79 Å². The summed E-state index contributed by atoms with van der Waals surface area (Å²) in [4.78, 5) is 12.2. The number of hydrazone groups is 1. The van der Waals surface area contributed by atoms with Gasteiger partial charge in [-0.15, -0.1) is 0 Å². The highest BCUT2D eigenvalue weighted by atomic mass is 35.5. The van der Waals surface area contributed by atoms with E-state index in [1.54, 1.807) is 30.5 Å². The molecule has 0 atom stereocenters. The third kappa shape index (κ3) is 6.36. The number of amides is 1. The Balaban J connectivity index is 1.49.